The Hall–Kier alpha value is -1.88. The molecule has 1 saturated heterocycles. The summed E-state index contributed by atoms with van der Waals surface area (Å²) in [6.07, 6.45) is 3.63. The van der Waals surface area contributed by atoms with Gasteiger partial charge in [0.05, 0.1) is 6.61 Å². The smallest absolute Gasteiger partial charge is 0.220 e. The largest absolute Gasteiger partial charge is 0.494 e. The van der Waals surface area contributed by atoms with Crippen molar-refractivity contribution in [3.05, 3.63) is 29.8 Å². The molecule has 1 heterocycles. The maximum atomic E-state index is 12.1. The van der Waals surface area contributed by atoms with Gasteiger partial charge in [0.25, 0.3) is 0 Å². The summed E-state index contributed by atoms with van der Waals surface area (Å²) in [5, 5.41) is 6.23. The number of ether oxygens (including phenoxy) is 1. The molecular weight excluding hydrogens is 304 g/mol. The standard InChI is InChI=1S/C19H28N2O3/c1-2-13-24-17-5-3-16(4-6-17)18(22)7-8-19(23)21-12-10-15-9-11-20-14-15/h3-6,15,20H,2,7-14H2,1H3,(H,21,23). The Labute approximate surface area is 144 Å². The molecular formula is C19H28N2O3. The second kappa shape index (κ2) is 10.1. The normalized spacial score (nSPS) is 16.8. The summed E-state index contributed by atoms with van der Waals surface area (Å²) in [6, 6.07) is 7.13. The summed E-state index contributed by atoms with van der Waals surface area (Å²) in [5.41, 5.74) is 0.628. The van der Waals surface area contributed by atoms with Crippen molar-refractivity contribution in [1.82, 2.24) is 10.6 Å². The summed E-state index contributed by atoms with van der Waals surface area (Å²) >= 11 is 0. The lowest BCUT2D eigenvalue weighted by atomic mass is 10.0. The predicted octanol–water partition coefficient (Wildman–Crippen LogP) is 2.55. The number of benzene rings is 1. The Balaban J connectivity index is 1.65. The molecule has 2 rings (SSSR count). The molecule has 0 bridgehead atoms. The summed E-state index contributed by atoms with van der Waals surface area (Å²) in [7, 11) is 0. The van der Waals surface area contributed by atoms with Gasteiger partial charge >= 0.3 is 0 Å². The van der Waals surface area contributed by atoms with Crippen molar-refractivity contribution in [2.45, 2.75) is 39.0 Å². The van der Waals surface area contributed by atoms with Crippen molar-refractivity contribution in [3.63, 3.8) is 0 Å². The molecule has 1 amide bonds. The minimum Gasteiger partial charge on any atom is -0.494 e. The number of rotatable bonds is 10. The van der Waals surface area contributed by atoms with Crippen LogP contribution in [0.5, 0.6) is 5.75 Å². The molecule has 1 aliphatic heterocycles. The highest BCUT2D eigenvalue weighted by atomic mass is 16.5. The molecule has 5 nitrogen and oxygen atoms in total. The molecule has 1 aromatic rings. The summed E-state index contributed by atoms with van der Waals surface area (Å²) < 4.78 is 5.49. The molecule has 0 spiro atoms. The van der Waals surface area contributed by atoms with Crippen LogP contribution in [0.3, 0.4) is 0 Å². The van der Waals surface area contributed by atoms with Gasteiger partial charge in [-0.25, -0.2) is 0 Å². The van der Waals surface area contributed by atoms with E-state index in [0.29, 0.717) is 24.6 Å². The van der Waals surface area contributed by atoms with Crippen LogP contribution in [-0.4, -0.2) is 37.9 Å². The van der Waals surface area contributed by atoms with E-state index < -0.39 is 0 Å². The lowest BCUT2D eigenvalue weighted by molar-refractivity contribution is -0.121. The number of Topliss-reactive ketones (excluding diaryl/α,β-unsaturated/α-hetero) is 1. The lowest BCUT2D eigenvalue weighted by Gasteiger charge is -2.09. The summed E-state index contributed by atoms with van der Waals surface area (Å²) in [5.74, 6) is 1.39. The fourth-order valence-corrected chi connectivity index (χ4v) is 2.79. The molecule has 0 saturated carbocycles. The van der Waals surface area contributed by atoms with Gasteiger partial charge in [-0.2, -0.15) is 0 Å². The first kappa shape index (κ1) is 18.5. The second-order valence-corrected chi connectivity index (χ2v) is 6.29. The van der Waals surface area contributed by atoms with Gasteiger partial charge in [0, 0.05) is 24.9 Å². The summed E-state index contributed by atoms with van der Waals surface area (Å²) in [6.45, 7) is 5.54. The van der Waals surface area contributed by atoms with Gasteiger partial charge in [0.15, 0.2) is 5.78 Å². The van der Waals surface area contributed by atoms with Gasteiger partial charge in [-0.05, 0) is 62.5 Å². The quantitative estimate of drug-likeness (QED) is 0.646. The Morgan fingerprint density at radius 1 is 1.25 bits per heavy atom. The molecule has 24 heavy (non-hydrogen) atoms. The van der Waals surface area contributed by atoms with E-state index in [4.69, 9.17) is 4.74 Å². The molecule has 5 heteroatoms. The van der Waals surface area contributed by atoms with E-state index in [1.54, 1.807) is 24.3 Å². The van der Waals surface area contributed by atoms with E-state index in [1.165, 1.54) is 6.42 Å². The Morgan fingerprint density at radius 3 is 2.71 bits per heavy atom. The molecule has 1 atom stereocenters. The number of hydrogen-bond donors (Lipinski definition) is 2. The highest BCUT2D eigenvalue weighted by Crippen LogP contribution is 2.14. The van der Waals surface area contributed by atoms with Crippen LogP contribution >= 0.6 is 0 Å². The lowest BCUT2D eigenvalue weighted by Crippen LogP contribution is -2.26. The third-order valence-electron chi connectivity index (χ3n) is 4.27. The van der Waals surface area contributed by atoms with E-state index >= 15 is 0 Å². The minimum absolute atomic E-state index is 0.00724. The highest BCUT2D eigenvalue weighted by Gasteiger charge is 2.14. The van der Waals surface area contributed by atoms with E-state index in [0.717, 1.165) is 31.7 Å². The predicted molar refractivity (Wildman–Crippen MR) is 94.4 cm³/mol. The molecule has 2 N–H and O–H groups in total. The third-order valence-corrected chi connectivity index (χ3v) is 4.27. The van der Waals surface area contributed by atoms with Crippen LogP contribution in [0.2, 0.25) is 0 Å². The van der Waals surface area contributed by atoms with Gasteiger partial charge in [-0.15, -0.1) is 0 Å². The number of hydrogen-bond acceptors (Lipinski definition) is 4. The number of amides is 1. The fraction of sp³-hybridized carbons (Fsp3) is 0.579. The number of ketones is 1. The van der Waals surface area contributed by atoms with Crippen molar-refractivity contribution in [2.24, 2.45) is 5.92 Å². The third kappa shape index (κ3) is 6.32. The maximum absolute atomic E-state index is 12.1. The Kier molecular flexibility index (Phi) is 7.75. The Bertz CT molecular complexity index is 522. The van der Waals surface area contributed by atoms with Crippen LogP contribution in [0.15, 0.2) is 24.3 Å². The second-order valence-electron chi connectivity index (χ2n) is 6.29. The average Bonchev–Trinajstić information content (AvgIpc) is 3.11. The van der Waals surface area contributed by atoms with Crippen LogP contribution in [-0.2, 0) is 4.79 Å². The van der Waals surface area contributed by atoms with E-state index in [2.05, 4.69) is 10.6 Å². The maximum Gasteiger partial charge on any atom is 0.220 e. The number of carbonyl (C=O) groups excluding carboxylic acids is 2. The van der Waals surface area contributed by atoms with Crippen LogP contribution in [0.25, 0.3) is 0 Å². The zero-order chi connectivity index (χ0) is 17.2. The molecule has 1 unspecified atom stereocenters. The fourth-order valence-electron chi connectivity index (χ4n) is 2.79. The molecule has 132 valence electrons. The van der Waals surface area contributed by atoms with Crippen molar-refractivity contribution < 1.29 is 14.3 Å². The highest BCUT2D eigenvalue weighted by molar-refractivity contribution is 5.98. The van der Waals surface area contributed by atoms with Crippen molar-refractivity contribution >= 4 is 11.7 Å². The van der Waals surface area contributed by atoms with Gasteiger partial charge in [0.1, 0.15) is 5.75 Å². The first-order valence-electron chi connectivity index (χ1n) is 8.92. The van der Waals surface area contributed by atoms with Gasteiger partial charge < -0.3 is 15.4 Å². The first-order valence-corrected chi connectivity index (χ1v) is 8.92. The topological polar surface area (TPSA) is 67.4 Å². The molecule has 0 aliphatic carbocycles. The summed E-state index contributed by atoms with van der Waals surface area (Å²) in [4.78, 5) is 24.0. The van der Waals surface area contributed by atoms with E-state index in [1.807, 2.05) is 6.92 Å². The number of nitrogens with one attached hydrogen (secondary N) is 2. The van der Waals surface area contributed by atoms with Crippen molar-refractivity contribution in [3.8, 4) is 5.75 Å². The van der Waals surface area contributed by atoms with E-state index in [-0.39, 0.29) is 24.5 Å². The molecule has 0 radical (unpaired) electrons. The molecule has 1 aliphatic rings. The van der Waals surface area contributed by atoms with E-state index in [9.17, 15) is 9.59 Å². The zero-order valence-corrected chi connectivity index (χ0v) is 14.5. The first-order chi connectivity index (χ1) is 11.7. The van der Waals surface area contributed by atoms with Crippen LogP contribution in [0.1, 0.15) is 49.4 Å². The monoisotopic (exact) mass is 332 g/mol. The van der Waals surface area contributed by atoms with Crippen LogP contribution in [0.4, 0.5) is 0 Å². The zero-order valence-electron chi connectivity index (χ0n) is 14.5. The number of carbonyl (C=O) groups is 2. The van der Waals surface area contributed by atoms with Gasteiger partial charge in [-0.1, -0.05) is 6.92 Å². The van der Waals surface area contributed by atoms with Crippen LogP contribution < -0.4 is 15.4 Å². The SMILES string of the molecule is CCCOc1ccc(C(=O)CCC(=O)NCCC2CCNC2)cc1. The van der Waals surface area contributed by atoms with Gasteiger partial charge in [0.2, 0.25) is 5.91 Å². The molecule has 1 aromatic carbocycles. The van der Waals surface area contributed by atoms with Crippen molar-refractivity contribution in [2.75, 3.05) is 26.2 Å². The Morgan fingerprint density at radius 2 is 2.04 bits per heavy atom. The minimum atomic E-state index is -0.0443. The molecule has 1 fully saturated rings. The van der Waals surface area contributed by atoms with Crippen LogP contribution in [0, 0.1) is 5.92 Å². The van der Waals surface area contributed by atoms with Gasteiger partial charge in [-0.3, -0.25) is 9.59 Å². The molecule has 0 aromatic heterocycles. The van der Waals surface area contributed by atoms with Crippen molar-refractivity contribution in [1.29, 1.82) is 0 Å². The average molecular weight is 332 g/mol.